The average molecular weight is 299 g/mol. The van der Waals surface area contributed by atoms with E-state index in [9.17, 15) is 8.42 Å². The smallest absolute Gasteiger partial charge is 0.211 e. The Kier molecular flexibility index (Phi) is 5.01. The second kappa shape index (κ2) is 6.56. The molecule has 0 radical (unpaired) electrons. The van der Waals surface area contributed by atoms with Crippen LogP contribution in [0.15, 0.2) is 24.3 Å². The summed E-state index contributed by atoms with van der Waals surface area (Å²) in [5, 5.41) is 0. The van der Waals surface area contributed by atoms with Crippen LogP contribution in [-0.2, 0) is 16.6 Å². The molecule has 1 aromatic carbocycles. The second-order valence-electron chi connectivity index (χ2n) is 5.13. The first-order chi connectivity index (χ1) is 9.50. The van der Waals surface area contributed by atoms with Gasteiger partial charge in [-0.1, -0.05) is 12.1 Å². The van der Waals surface area contributed by atoms with Gasteiger partial charge in [0.1, 0.15) is 12.3 Å². The zero-order valence-electron chi connectivity index (χ0n) is 12.1. The highest BCUT2D eigenvalue weighted by atomic mass is 32.2. The molecule has 1 heterocycles. The van der Waals surface area contributed by atoms with Crippen LogP contribution in [0, 0.1) is 0 Å². The molecule has 1 aliphatic heterocycles. The van der Waals surface area contributed by atoms with Crippen molar-refractivity contribution in [2.75, 3.05) is 39.0 Å². The summed E-state index contributed by atoms with van der Waals surface area (Å²) in [6, 6.07) is 8.07. The predicted octanol–water partition coefficient (Wildman–Crippen LogP) is -0.255. The number of hydrogen-bond donors (Lipinski definition) is 1. The number of nitrogens with one attached hydrogen (secondary N) is 1. The Labute approximate surface area is 121 Å². The molecule has 6 heteroatoms. The van der Waals surface area contributed by atoms with E-state index in [1.54, 1.807) is 4.31 Å². The first kappa shape index (κ1) is 15.3. The predicted molar refractivity (Wildman–Crippen MR) is 78.4 cm³/mol. The topological polar surface area (TPSA) is 51.1 Å². The van der Waals surface area contributed by atoms with Crippen LogP contribution in [0.1, 0.15) is 12.5 Å². The maximum absolute atomic E-state index is 11.5. The lowest BCUT2D eigenvalue weighted by molar-refractivity contribution is -0.917. The molecule has 1 aliphatic rings. The van der Waals surface area contributed by atoms with Crippen molar-refractivity contribution >= 4 is 10.0 Å². The fraction of sp³-hybridized carbons (Fsp3) is 0.571. The van der Waals surface area contributed by atoms with Crippen molar-refractivity contribution in [3.8, 4) is 5.75 Å². The van der Waals surface area contributed by atoms with Crippen molar-refractivity contribution in [1.82, 2.24) is 4.31 Å². The summed E-state index contributed by atoms with van der Waals surface area (Å²) in [6.45, 7) is 6.41. The minimum Gasteiger partial charge on any atom is -0.493 e. The molecule has 20 heavy (non-hydrogen) atoms. The van der Waals surface area contributed by atoms with Gasteiger partial charge in [-0.15, -0.1) is 0 Å². The van der Waals surface area contributed by atoms with Crippen molar-refractivity contribution in [3.05, 3.63) is 29.8 Å². The maximum Gasteiger partial charge on any atom is 0.211 e. The van der Waals surface area contributed by atoms with Crippen LogP contribution in [-0.4, -0.2) is 51.8 Å². The van der Waals surface area contributed by atoms with E-state index in [0.717, 1.165) is 25.4 Å². The Hall–Kier alpha value is -1.11. The van der Waals surface area contributed by atoms with Gasteiger partial charge in [0, 0.05) is 5.56 Å². The molecule has 1 saturated heterocycles. The van der Waals surface area contributed by atoms with E-state index < -0.39 is 10.0 Å². The van der Waals surface area contributed by atoms with Gasteiger partial charge >= 0.3 is 0 Å². The van der Waals surface area contributed by atoms with Gasteiger partial charge < -0.3 is 9.64 Å². The van der Waals surface area contributed by atoms with Gasteiger partial charge in [-0.2, -0.15) is 4.31 Å². The van der Waals surface area contributed by atoms with Crippen molar-refractivity contribution < 1.29 is 18.1 Å². The Morgan fingerprint density at radius 3 is 2.50 bits per heavy atom. The van der Waals surface area contributed by atoms with Gasteiger partial charge in [-0.05, 0) is 19.1 Å². The van der Waals surface area contributed by atoms with Crippen molar-refractivity contribution in [1.29, 1.82) is 0 Å². The van der Waals surface area contributed by atoms with Crippen LogP contribution in [0.5, 0.6) is 5.75 Å². The molecule has 0 unspecified atom stereocenters. The molecule has 1 fully saturated rings. The molecule has 5 nitrogen and oxygen atoms in total. The van der Waals surface area contributed by atoms with Crippen LogP contribution >= 0.6 is 0 Å². The summed E-state index contributed by atoms with van der Waals surface area (Å²) in [5.41, 5.74) is 1.19. The van der Waals surface area contributed by atoms with Crippen LogP contribution in [0.25, 0.3) is 0 Å². The number of rotatable bonds is 5. The summed E-state index contributed by atoms with van der Waals surface area (Å²) < 4.78 is 30.2. The Morgan fingerprint density at radius 1 is 1.25 bits per heavy atom. The van der Waals surface area contributed by atoms with Gasteiger partial charge in [-0.3, -0.25) is 0 Å². The van der Waals surface area contributed by atoms with E-state index in [2.05, 4.69) is 6.07 Å². The summed E-state index contributed by atoms with van der Waals surface area (Å²) in [4.78, 5) is 1.40. The van der Waals surface area contributed by atoms with Gasteiger partial charge in [0.2, 0.25) is 10.0 Å². The van der Waals surface area contributed by atoms with Crippen LogP contribution in [0.4, 0.5) is 0 Å². The number of sulfonamides is 1. The lowest BCUT2D eigenvalue weighted by Crippen LogP contribution is -3.13. The first-order valence-electron chi connectivity index (χ1n) is 7.00. The van der Waals surface area contributed by atoms with Crippen LogP contribution in [0.3, 0.4) is 0 Å². The highest BCUT2D eigenvalue weighted by Crippen LogP contribution is 2.16. The first-order valence-corrected chi connectivity index (χ1v) is 8.85. The van der Waals surface area contributed by atoms with Crippen molar-refractivity contribution in [2.24, 2.45) is 0 Å². The summed E-state index contributed by atoms with van der Waals surface area (Å²) in [5.74, 6) is 0.938. The molecule has 0 saturated carbocycles. The summed E-state index contributed by atoms with van der Waals surface area (Å²) in [6.07, 6.45) is 1.28. The number of quaternary nitrogens is 1. The molecule has 1 N–H and O–H groups in total. The number of ether oxygens (including phenoxy) is 1. The molecule has 0 bridgehead atoms. The van der Waals surface area contributed by atoms with Crippen molar-refractivity contribution in [3.63, 3.8) is 0 Å². The number of hydrogen-bond acceptors (Lipinski definition) is 3. The highest BCUT2D eigenvalue weighted by molar-refractivity contribution is 7.88. The molecule has 0 spiro atoms. The molecular formula is C14H23N2O3S+. The Morgan fingerprint density at radius 2 is 1.90 bits per heavy atom. The van der Waals surface area contributed by atoms with Crippen LogP contribution in [0.2, 0.25) is 0 Å². The summed E-state index contributed by atoms with van der Waals surface area (Å²) in [7, 11) is -3.04. The van der Waals surface area contributed by atoms with Gasteiger partial charge in [0.05, 0.1) is 39.0 Å². The maximum atomic E-state index is 11.5. The number of nitrogens with zero attached hydrogens (tertiary/aromatic N) is 1. The van der Waals surface area contributed by atoms with Crippen molar-refractivity contribution in [2.45, 2.75) is 13.5 Å². The highest BCUT2D eigenvalue weighted by Gasteiger charge is 2.26. The van der Waals surface area contributed by atoms with E-state index >= 15 is 0 Å². The molecule has 112 valence electrons. The minimum atomic E-state index is -3.04. The third-order valence-corrected chi connectivity index (χ3v) is 4.91. The van der Waals surface area contributed by atoms with Gasteiger partial charge in [0.15, 0.2) is 0 Å². The van der Waals surface area contributed by atoms with Gasteiger partial charge in [-0.25, -0.2) is 8.42 Å². The Bertz CT molecular complexity index is 537. The van der Waals surface area contributed by atoms with E-state index in [0.29, 0.717) is 19.7 Å². The largest absolute Gasteiger partial charge is 0.493 e. The zero-order chi connectivity index (χ0) is 14.6. The monoisotopic (exact) mass is 299 g/mol. The number of para-hydroxylation sites is 1. The van der Waals surface area contributed by atoms with Gasteiger partial charge in [0.25, 0.3) is 0 Å². The van der Waals surface area contributed by atoms with Crippen LogP contribution < -0.4 is 9.64 Å². The van der Waals surface area contributed by atoms with E-state index in [1.807, 2.05) is 25.1 Å². The third kappa shape index (κ3) is 3.94. The molecule has 0 atom stereocenters. The number of benzene rings is 1. The second-order valence-corrected chi connectivity index (χ2v) is 7.11. The molecule has 0 amide bonds. The minimum absolute atomic E-state index is 0.602. The third-order valence-electron chi connectivity index (χ3n) is 3.61. The molecular weight excluding hydrogens is 276 g/mol. The number of piperazine rings is 1. The fourth-order valence-electron chi connectivity index (χ4n) is 2.53. The molecule has 0 aromatic heterocycles. The molecule has 2 rings (SSSR count). The SMILES string of the molecule is CCOc1ccccc1C[NH+]1CCN(S(C)(=O)=O)CC1. The lowest BCUT2D eigenvalue weighted by atomic mass is 10.2. The lowest BCUT2D eigenvalue weighted by Gasteiger charge is -2.30. The average Bonchev–Trinajstić information content (AvgIpc) is 2.41. The standard InChI is InChI=1S/C14H22N2O3S/c1-3-19-14-7-5-4-6-13(14)12-15-8-10-16(11-9-15)20(2,17)18/h4-7H,3,8-12H2,1-2H3/p+1. The van der Waals surface area contributed by atoms with E-state index in [-0.39, 0.29) is 0 Å². The quantitative estimate of drug-likeness (QED) is 0.815. The Balaban J connectivity index is 1.96. The molecule has 1 aromatic rings. The zero-order valence-corrected chi connectivity index (χ0v) is 12.9. The summed E-state index contributed by atoms with van der Waals surface area (Å²) >= 11 is 0. The van der Waals surface area contributed by atoms with E-state index in [1.165, 1.54) is 16.7 Å². The normalized spacial score (nSPS) is 18.1. The van der Waals surface area contributed by atoms with E-state index in [4.69, 9.17) is 4.74 Å². The fourth-order valence-corrected chi connectivity index (χ4v) is 3.37. The molecule has 0 aliphatic carbocycles.